The van der Waals surface area contributed by atoms with Crippen LogP contribution in [0, 0.1) is 0 Å². The number of fused-ring (bicyclic) bond motifs is 3. The Bertz CT molecular complexity index is 3000. The standard InChI is InChI=1S/C50H36N6O2S/c1-2-9-38(10-3-1)55(40-26-18-35(19-27-40)47-53-43-11-6-30-51-49(43)57-47)39-22-14-33(15-23-39)34-16-24-41(25-17-34)56(46-32-37-8-4-5-13-45(37)59-46)42-28-20-36(21-29-42)48-54-44-12-7-31-52-50(44)58-48/h1-9,11-18,20-26,28-32,38H,10,19,27H2. The molecule has 11 rings (SSSR count). The van der Waals surface area contributed by atoms with Gasteiger partial charge in [0, 0.05) is 51.0 Å². The molecule has 5 heterocycles. The second kappa shape index (κ2) is 14.9. The van der Waals surface area contributed by atoms with Crippen molar-refractivity contribution in [2.45, 2.75) is 25.3 Å². The summed E-state index contributed by atoms with van der Waals surface area (Å²) in [6, 6.07) is 44.8. The average Bonchev–Trinajstić information content (AvgIpc) is 4.05. The van der Waals surface area contributed by atoms with Crippen molar-refractivity contribution in [3.63, 3.8) is 0 Å². The number of anilines is 4. The molecule has 0 aliphatic heterocycles. The highest BCUT2D eigenvalue weighted by Gasteiger charge is 2.24. The molecule has 0 radical (unpaired) electrons. The molecule has 9 heteroatoms. The van der Waals surface area contributed by atoms with Crippen LogP contribution in [0.25, 0.3) is 60.7 Å². The Kier molecular flexibility index (Phi) is 8.78. The maximum Gasteiger partial charge on any atom is 0.247 e. The summed E-state index contributed by atoms with van der Waals surface area (Å²) < 4.78 is 13.2. The lowest BCUT2D eigenvalue weighted by atomic mass is 9.97. The third-order valence-electron chi connectivity index (χ3n) is 10.9. The fourth-order valence-electron chi connectivity index (χ4n) is 7.99. The normalized spacial score (nSPS) is 15.2. The van der Waals surface area contributed by atoms with Gasteiger partial charge in [0.05, 0.1) is 6.04 Å². The first kappa shape index (κ1) is 34.9. The van der Waals surface area contributed by atoms with Gasteiger partial charge in [-0.15, -0.1) is 11.3 Å². The summed E-state index contributed by atoms with van der Waals surface area (Å²) in [5, 5.41) is 2.36. The van der Waals surface area contributed by atoms with Gasteiger partial charge in [-0.25, -0.2) is 19.9 Å². The summed E-state index contributed by atoms with van der Waals surface area (Å²) in [6.45, 7) is 0. The van der Waals surface area contributed by atoms with Gasteiger partial charge in [0.25, 0.3) is 0 Å². The summed E-state index contributed by atoms with van der Waals surface area (Å²) in [5.74, 6) is 1.20. The van der Waals surface area contributed by atoms with Crippen LogP contribution in [0.15, 0.2) is 191 Å². The molecule has 0 fully saturated rings. The largest absolute Gasteiger partial charge is 0.418 e. The number of pyridine rings is 2. The number of hydrogen-bond acceptors (Lipinski definition) is 9. The van der Waals surface area contributed by atoms with Crippen LogP contribution in [0.1, 0.15) is 25.2 Å². The van der Waals surface area contributed by atoms with E-state index < -0.39 is 0 Å². The second-order valence-electron chi connectivity index (χ2n) is 14.6. The molecule has 2 aliphatic rings. The van der Waals surface area contributed by atoms with E-state index in [4.69, 9.17) is 13.8 Å². The van der Waals surface area contributed by atoms with Crippen LogP contribution in [-0.2, 0) is 0 Å². The van der Waals surface area contributed by atoms with E-state index >= 15 is 0 Å². The van der Waals surface area contributed by atoms with Crippen molar-refractivity contribution in [3.05, 3.63) is 188 Å². The summed E-state index contributed by atoms with van der Waals surface area (Å²) in [4.78, 5) is 22.8. The number of aromatic nitrogens is 4. The first-order valence-corrected chi connectivity index (χ1v) is 20.6. The van der Waals surface area contributed by atoms with Gasteiger partial charge in [0.2, 0.25) is 23.2 Å². The van der Waals surface area contributed by atoms with Gasteiger partial charge < -0.3 is 18.6 Å². The molecule has 0 N–H and O–H groups in total. The summed E-state index contributed by atoms with van der Waals surface area (Å²) in [7, 11) is 0. The molecule has 5 aromatic heterocycles. The van der Waals surface area contributed by atoms with E-state index in [-0.39, 0.29) is 6.04 Å². The number of nitrogens with zero attached hydrogens (tertiary/aromatic N) is 6. The van der Waals surface area contributed by atoms with Crippen LogP contribution in [0.2, 0.25) is 0 Å². The van der Waals surface area contributed by atoms with Crippen molar-refractivity contribution < 1.29 is 8.83 Å². The van der Waals surface area contributed by atoms with Crippen molar-refractivity contribution in [3.8, 4) is 22.6 Å². The predicted octanol–water partition coefficient (Wildman–Crippen LogP) is 13.2. The van der Waals surface area contributed by atoms with Crippen molar-refractivity contribution in [1.82, 2.24) is 19.9 Å². The van der Waals surface area contributed by atoms with E-state index in [0.717, 1.165) is 74.6 Å². The molecule has 1 atom stereocenters. The van der Waals surface area contributed by atoms with E-state index in [9.17, 15) is 0 Å². The fourth-order valence-corrected chi connectivity index (χ4v) is 9.09. The number of benzene rings is 4. The third kappa shape index (κ3) is 6.71. The highest BCUT2D eigenvalue weighted by Crippen LogP contribution is 2.43. The average molecular weight is 785 g/mol. The first-order chi connectivity index (χ1) is 29.2. The Morgan fingerprint density at radius 2 is 1.24 bits per heavy atom. The lowest BCUT2D eigenvalue weighted by molar-refractivity contribution is 0.568. The van der Waals surface area contributed by atoms with E-state index in [1.807, 2.05) is 24.3 Å². The molecule has 2 aliphatic carbocycles. The minimum atomic E-state index is 0.223. The van der Waals surface area contributed by atoms with Crippen LogP contribution in [0.5, 0.6) is 0 Å². The van der Waals surface area contributed by atoms with Gasteiger partial charge in [0.15, 0.2) is 0 Å². The highest BCUT2D eigenvalue weighted by atomic mass is 32.1. The van der Waals surface area contributed by atoms with Crippen LogP contribution >= 0.6 is 11.3 Å². The maximum atomic E-state index is 6.00. The van der Waals surface area contributed by atoms with E-state index in [1.54, 1.807) is 23.7 Å². The molecule has 0 bridgehead atoms. The Morgan fingerprint density at radius 1 is 0.593 bits per heavy atom. The lowest BCUT2D eigenvalue weighted by Crippen LogP contribution is -2.34. The topological polar surface area (TPSA) is 84.3 Å². The number of allylic oxidation sites excluding steroid dienone is 6. The molecule has 59 heavy (non-hydrogen) atoms. The maximum absolute atomic E-state index is 6.00. The van der Waals surface area contributed by atoms with Gasteiger partial charge in [-0.05, 0) is 127 Å². The molecule has 4 aromatic carbocycles. The molecular formula is C50H36N6O2S. The van der Waals surface area contributed by atoms with E-state index in [1.165, 1.54) is 15.8 Å². The van der Waals surface area contributed by atoms with Crippen LogP contribution < -0.4 is 9.80 Å². The van der Waals surface area contributed by atoms with E-state index in [2.05, 4.69) is 164 Å². The highest BCUT2D eigenvalue weighted by molar-refractivity contribution is 7.23. The molecule has 1 unspecified atom stereocenters. The quantitative estimate of drug-likeness (QED) is 0.143. The Morgan fingerprint density at radius 3 is 1.86 bits per heavy atom. The van der Waals surface area contributed by atoms with Crippen LogP contribution in [0.3, 0.4) is 0 Å². The Hall–Kier alpha value is -7.36. The van der Waals surface area contributed by atoms with Crippen molar-refractivity contribution in [1.29, 1.82) is 0 Å². The Balaban J connectivity index is 0.884. The number of rotatable bonds is 9. The lowest BCUT2D eigenvalue weighted by Gasteiger charge is -2.35. The SMILES string of the molecule is C1=CCC(N(C2=CC=C(c3nc4cccnc4o3)CC2)c2ccc(-c3ccc(N(c4ccc(-c5nc6cccnc6o5)cc4)c4cc5ccccc5s4)cc3)cc2)C=C1. The molecule has 0 spiro atoms. The van der Waals surface area contributed by atoms with Crippen molar-refractivity contribution in [2.24, 2.45) is 0 Å². The number of hydrogen-bond donors (Lipinski definition) is 0. The van der Waals surface area contributed by atoms with Crippen LogP contribution in [0.4, 0.5) is 22.1 Å². The van der Waals surface area contributed by atoms with Gasteiger partial charge in [0.1, 0.15) is 16.0 Å². The molecule has 0 saturated carbocycles. The smallest absolute Gasteiger partial charge is 0.247 e. The van der Waals surface area contributed by atoms with Gasteiger partial charge in [-0.3, -0.25) is 0 Å². The zero-order valence-electron chi connectivity index (χ0n) is 31.8. The molecule has 0 amide bonds. The minimum absolute atomic E-state index is 0.223. The summed E-state index contributed by atoms with van der Waals surface area (Å²) in [5.41, 5.74) is 11.5. The summed E-state index contributed by atoms with van der Waals surface area (Å²) in [6.07, 6.45) is 19.3. The van der Waals surface area contributed by atoms with E-state index in [0.29, 0.717) is 23.2 Å². The molecule has 0 saturated heterocycles. The monoisotopic (exact) mass is 784 g/mol. The van der Waals surface area contributed by atoms with Crippen molar-refractivity contribution >= 4 is 71.5 Å². The zero-order chi connectivity index (χ0) is 39.1. The minimum Gasteiger partial charge on any atom is -0.418 e. The molecular weight excluding hydrogens is 749 g/mol. The van der Waals surface area contributed by atoms with Crippen LogP contribution in [-0.4, -0.2) is 26.0 Å². The van der Waals surface area contributed by atoms with Gasteiger partial charge in [-0.1, -0.05) is 72.8 Å². The second-order valence-corrected chi connectivity index (χ2v) is 15.7. The Labute approximate surface area is 344 Å². The van der Waals surface area contributed by atoms with Gasteiger partial charge in [-0.2, -0.15) is 0 Å². The van der Waals surface area contributed by atoms with Gasteiger partial charge >= 0.3 is 0 Å². The van der Waals surface area contributed by atoms with Crippen molar-refractivity contribution in [2.75, 3.05) is 9.80 Å². The fraction of sp³-hybridized carbons (Fsp3) is 0.0800. The molecule has 8 nitrogen and oxygen atoms in total. The summed E-state index contributed by atoms with van der Waals surface area (Å²) >= 11 is 1.78. The molecule has 9 aromatic rings. The third-order valence-corrected chi connectivity index (χ3v) is 12.0. The molecule has 284 valence electrons. The number of thiophene rings is 1. The predicted molar refractivity (Wildman–Crippen MR) is 239 cm³/mol. The zero-order valence-corrected chi connectivity index (χ0v) is 32.7. The number of oxazole rings is 2. The first-order valence-electron chi connectivity index (χ1n) is 19.8.